The lowest BCUT2D eigenvalue weighted by Crippen LogP contribution is -2.22. The van der Waals surface area contributed by atoms with Crippen molar-refractivity contribution in [1.82, 2.24) is 10.2 Å². The number of nitrogens with one attached hydrogen (secondary N) is 1. The van der Waals surface area contributed by atoms with Crippen molar-refractivity contribution < 1.29 is 22.8 Å². The Labute approximate surface area is 137 Å². The lowest BCUT2D eigenvalue weighted by Gasteiger charge is -2.24. The van der Waals surface area contributed by atoms with E-state index < -0.39 is 34.2 Å². The SMILES string of the molecule is N#CC1=C(N)Oc2n[nH]c(C(F)(F)F)c2C1c1ccc([N+](=O)[O-])cc1. The molecule has 0 bridgehead atoms. The predicted octanol–water partition coefficient (Wildman–Crippen LogP) is 2.55. The van der Waals surface area contributed by atoms with Crippen molar-refractivity contribution in [2.75, 3.05) is 0 Å². The summed E-state index contributed by atoms with van der Waals surface area (Å²) in [7, 11) is 0. The molecule has 0 amide bonds. The van der Waals surface area contributed by atoms with Gasteiger partial charge in [-0.25, -0.2) is 0 Å². The number of benzene rings is 1. The summed E-state index contributed by atoms with van der Waals surface area (Å²) in [6.45, 7) is 0. The van der Waals surface area contributed by atoms with Crippen LogP contribution in [0.3, 0.4) is 0 Å². The van der Waals surface area contributed by atoms with Gasteiger partial charge >= 0.3 is 6.18 Å². The first-order chi connectivity index (χ1) is 11.7. The molecule has 3 N–H and O–H groups in total. The van der Waals surface area contributed by atoms with E-state index in [-0.39, 0.29) is 22.7 Å². The summed E-state index contributed by atoms with van der Waals surface area (Å²) in [5, 5.41) is 25.4. The number of alkyl halides is 3. The largest absolute Gasteiger partial charge is 0.433 e. The molecule has 1 aliphatic heterocycles. The van der Waals surface area contributed by atoms with Crippen LogP contribution in [0.2, 0.25) is 0 Å². The highest BCUT2D eigenvalue weighted by Gasteiger charge is 2.44. The predicted molar refractivity (Wildman–Crippen MR) is 76.0 cm³/mol. The molecule has 1 aromatic heterocycles. The van der Waals surface area contributed by atoms with E-state index >= 15 is 0 Å². The van der Waals surface area contributed by atoms with E-state index in [9.17, 15) is 28.5 Å². The lowest BCUT2D eigenvalue weighted by atomic mass is 9.84. The molecule has 128 valence electrons. The minimum absolute atomic E-state index is 0.210. The van der Waals surface area contributed by atoms with Gasteiger partial charge in [-0.3, -0.25) is 15.2 Å². The van der Waals surface area contributed by atoms with Crippen molar-refractivity contribution >= 4 is 5.69 Å². The number of nitrogens with zero attached hydrogens (tertiary/aromatic N) is 3. The van der Waals surface area contributed by atoms with Crippen LogP contribution in [0.1, 0.15) is 22.7 Å². The number of H-pyrrole nitrogens is 1. The summed E-state index contributed by atoms with van der Waals surface area (Å²) in [6.07, 6.45) is -4.77. The van der Waals surface area contributed by atoms with E-state index in [1.54, 1.807) is 6.07 Å². The molecule has 1 aromatic carbocycles. The number of aromatic nitrogens is 2. The van der Waals surface area contributed by atoms with Gasteiger partial charge in [-0.05, 0) is 5.56 Å². The maximum absolute atomic E-state index is 13.3. The molecule has 1 unspecified atom stereocenters. The van der Waals surface area contributed by atoms with E-state index in [0.29, 0.717) is 0 Å². The van der Waals surface area contributed by atoms with Crippen LogP contribution in [0.5, 0.6) is 5.88 Å². The number of fused-ring (bicyclic) bond motifs is 1. The first-order valence-electron chi connectivity index (χ1n) is 6.71. The number of hydrogen-bond acceptors (Lipinski definition) is 6. The van der Waals surface area contributed by atoms with E-state index in [4.69, 9.17) is 10.5 Å². The Bertz CT molecular complexity index is 925. The molecule has 0 saturated heterocycles. The van der Waals surface area contributed by atoms with Crippen LogP contribution >= 0.6 is 0 Å². The number of hydrogen-bond donors (Lipinski definition) is 2. The standard InChI is InChI=1S/C14H8F3N5O3/c15-14(16,17)11-10-9(6-1-3-7(4-2-6)22(23)24)8(5-18)12(19)25-13(10)21-20-11/h1-4,9H,19H2,(H,20,21). The van der Waals surface area contributed by atoms with Crippen molar-refractivity contribution in [3.05, 3.63) is 62.7 Å². The molecule has 2 aromatic rings. The highest BCUT2D eigenvalue weighted by atomic mass is 19.4. The summed E-state index contributed by atoms with van der Waals surface area (Å²) >= 11 is 0. The first-order valence-corrected chi connectivity index (χ1v) is 6.71. The van der Waals surface area contributed by atoms with Crippen molar-refractivity contribution in [3.63, 3.8) is 0 Å². The summed E-state index contributed by atoms with van der Waals surface area (Å²) in [6, 6.07) is 6.51. The fourth-order valence-electron chi connectivity index (χ4n) is 2.58. The number of nitro benzene ring substituents is 1. The fraction of sp³-hybridized carbons (Fsp3) is 0.143. The van der Waals surface area contributed by atoms with Gasteiger partial charge < -0.3 is 10.5 Å². The van der Waals surface area contributed by atoms with Crippen LogP contribution in [0.25, 0.3) is 0 Å². The maximum Gasteiger partial charge on any atom is 0.433 e. The van der Waals surface area contributed by atoms with Gasteiger partial charge in [0, 0.05) is 12.1 Å². The van der Waals surface area contributed by atoms with Gasteiger partial charge in [-0.1, -0.05) is 12.1 Å². The number of rotatable bonds is 2. The van der Waals surface area contributed by atoms with Gasteiger partial charge in [-0.2, -0.15) is 18.4 Å². The molecule has 1 atom stereocenters. The first kappa shape index (κ1) is 16.3. The van der Waals surface area contributed by atoms with Crippen LogP contribution in [0.4, 0.5) is 18.9 Å². The number of nitro groups is 1. The highest BCUT2D eigenvalue weighted by Crippen LogP contribution is 2.46. The third kappa shape index (κ3) is 2.63. The molecule has 0 spiro atoms. The summed E-state index contributed by atoms with van der Waals surface area (Å²) in [4.78, 5) is 10.1. The van der Waals surface area contributed by atoms with Crippen molar-refractivity contribution in [3.8, 4) is 11.9 Å². The quantitative estimate of drug-likeness (QED) is 0.631. The topological polar surface area (TPSA) is 131 Å². The van der Waals surface area contributed by atoms with Crippen LogP contribution in [-0.2, 0) is 6.18 Å². The van der Waals surface area contributed by atoms with Gasteiger partial charge in [0.05, 0.1) is 16.4 Å². The van der Waals surface area contributed by atoms with E-state index in [2.05, 4.69) is 5.10 Å². The third-order valence-corrected chi connectivity index (χ3v) is 3.66. The van der Waals surface area contributed by atoms with E-state index in [1.165, 1.54) is 12.1 Å². The van der Waals surface area contributed by atoms with Gasteiger partial charge in [-0.15, -0.1) is 5.10 Å². The molecule has 25 heavy (non-hydrogen) atoms. The smallest absolute Gasteiger partial charge is 0.420 e. The highest BCUT2D eigenvalue weighted by molar-refractivity contribution is 5.56. The van der Waals surface area contributed by atoms with Crippen LogP contribution < -0.4 is 10.5 Å². The van der Waals surface area contributed by atoms with Crippen molar-refractivity contribution in [2.45, 2.75) is 12.1 Å². The van der Waals surface area contributed by atoms with Gasteiger partial charge in [0.1, 0.15) is 17.3 Å². The summed E-state index contributed by atoms with van der Waals surface area (Å²) in [5.41, 5.74) is 3.78. The number of allylic oxidation sites excluding steroid dienone is 1. The number of ether oxygens (including phenoxy) is 1. The summed E-state index contributed by atoms with van der Waals surface area (Å²) in [5.74, 6) is -1.99. The molecule has 0 aliphatic carbocycles. The Kier molecular flexibility index (Phi) is 3.60. The molecule has 0 fully saturated rings. The second-order valence-corrected chi connectivity index (χ2v) is 5.09. The minimum Gasteiger partial charge on any atom is -0.420 e. The molecule has 0 radical (unpaired) electrons. The Morgan fingerprint density at radius 3 is 2.52 bits per heavy atom. The Morgan fingerprint density at radius 1 is 1.36 bits per heavy atom. The number of aromatic amines is 1. The minimum atomic E-state index is -4.77. The Hall–Kier alpha value is -3.55. The van der Waals surface area contributed by atoms with Gasteiger partial charge in [0.25, 0.3) is 5.69 Å². The zero-order valence-electron chi connectivity index (χ0n) is 12.2. The van der Waals surface area contributed by atoms with Crippen LogP contribution in [0, 0.1) is 21.4 Å². The zero-order valence-corrected chi connectivity index (χ0v) is 12.2. The van der Waals surface area contributed by atoms with Crippen LogP contribution in [0.15, 0.2) is 35.7 Å². The molecular formula is C14H8F3N5O3. The normalized spacial score (nSPS) is 16.8. The molecular weight excluding hydrogens is 343 g/mol. The second kappa shape index (κ2) is 5.52. The number of halogens is 3. The molecule has 8 nitrogen and oxygen atoms in total. The lowest BCUT2D eigenvalue weighted by molar-refractivity contribution is -0.384. The average Bonchev–Trinajstić information content (AvgIpc) is 2.97. The Balaban J connectivity index is 2.22. The Morgan fingerprint density at radius 2 is 2.00 bits per heavy atom. The van der Waals surface area contributed by atoms with Crippen LogP contribution in [-0.4, -0.2) is 15.1 Å². The second-order valence-electron chi connectivity index (χ2n) is 5.09. The van der Waals surface area contributed by atoms with E-state index in [0.717, 1.165) is 12.1 Å². The molecule has 11 heteroatoms. The average molecular weight is 351 g/mol. The number of nitrogens with two attached hydrogens (primary N) is 1. The monoisotopic (exact) mass is 351 g/mol. The zero-order chi connectivity index (χ0) is 18.4. The maximum atomic E-state index is 13.3. The molecule has 1 aliphatic rings. The van der Waals surface area contributed by atoms with Gasteiger partial charge in [0.2, 0.25) is 11.8 Å². The molecule has 0 saturated carbocycles. The van der Waals surface area contributed by atoms with E-state index in [1.807, 2.05) is 5.10 Å². The van der Waals surface area contributed by atoms with Gasteiger partial charge in [0.15, 0.2) is 0 Å². The van der Waals surface area contributed by atoms with Crippen molar-refractivity contribution in [2.24, 2.45) is 5.73 Å². The molecule has 3 rings (SSSR count). The van der Waals surface area contributed by atoms with Crippen molar-refractivity contribution in [1.29, 1.82) is 5.26 Å². The summed E-state index contributed by atoms with van der Waals surface area (Å²) < 4.78 is 44.8. The fourth-order valence-corrected chi connectivity index (χ4v) is 2.58. The third-order valence-electron chi connectivity index (χ3n) is 3.66. The molecule has 2 heterocycles. The number of non-ortho nitro benzene ring substituents is 1. The number of nitriles is 1.